The number of nitrogens with one attached hydrogen (secondary N) is 1. The Morgan fingerprint density at radius 1 is 1.32 bits per heavy atom. The predicted molar refractivity (Wildman–Crippen MR) is 75.7 cm³/mol. The fraction of sp³-hybridized carbons (Fsp3) is 0.214. The smallest absolute Gasteiger partial charge is 0.287 e. The highest BCUT2D eigenvalue weighted by Gasteiger charge is 2.23. The number of benzene rings is 1. The fourth-order valence-corrected chi connectivity index (χ4v) is 3.43. The average Bonchev–Trinajstić information content (AvgIpc) is 2.86. The third kappa shape index (κ3) is 2.65. The second-order valence-corrected chi connectivity index (χ2v) is 5.81. The van der Waals surface area contributed by atoms with Crippen LogP contribution in [0.1, 0.15) is 28.6 Å². The number of furan rings is 1. The van der Waals surface area contributed by atoms with Gasteiger partial charge < -0.3 is 9.73 Å². The van der Waals surface area contributed by atoms with Crippen molar-refractivity contribution in [3.05, 3.63) is 52.9 Å². The largest absolute Gasteiger partial charge is 0.440 e. The summed E-state index contributed by atoms with van der Waals surface area (Å²) in [5.74, 6) is 1.03. The number of halogens is 1. The number of rotatable bonds is 2. The van der Waals surface area contributed by atoms with E-state index in [9.17, 15) is 4.79 Å². The van der Waals surface area contributed by atoms with Crippen LogP contribution >= 0.6 is 23.4 Å². The molecule has 0 bridgehead atoms. The molecule has 0 unspecified atom stereocenters. The van der Waals surface area contributed by atoms with Crippen LogP contribution in [0.2, 0.25) is 5.22 Å². The molecule has 19 heavy (non-hydrogen) atoms. The van der Waals surface area contributed by atoms with Gasteiger partial charge in [-0.15, -0.1) is 11.8 Å². The summed E-state index contributed by atoms with van der Waals surface area (Å²) in [6.07, 6.45) is 0.919. The van der Waals surface area contributed by atoms with Crippen molar-refractivity contribution in [1.29, 1.82) is 0 Å². The van der Waals surface area contributed by atoms with Gasteiger partial charge in [-0.1, -0.05) is 18.2 Å². The van der Waals surface area contributed by atoms with Crippen molar-refractivity contribution in [3.63, 3.8) is 0 Å². The minimum absolute atomic E-state index is 0.0359. The molecule has 1 atom stereocenters. The van der Waals surface area contributed by atoms with Crippen LogP contribution in [-0.4, -0.2) is 11.7 Å². The quantitative estimate of drug-likeness (QED) is 0.913. The second-order valence-electron chi connectivity index (χ2n) is 4.30. The van der Waals surface area contributed by atoms with Gasteiger partial charge in [-0.25, -0.2) is 0 Å². The molecular weight excluding hydrogens is 282 g/mol. The molecule has 0 saturated heterocycles. The van der Waals surface area contributed by atoms with Crippen molar-refractivity contribution < 1.29 is 9.21 Å². The summed E-state index contributed by atoms with van der Waals surface area (Å²) in [7, 11) is 0. The van der Waals surface area contributed by atoms with Gasteiger partial charge in [0.15, 0.2) is 11.0 Å². The first kappa shape index (κ1) is 12.6. The third-order valence-corrected chi connectivity index (χ3v) is 4.39. The van der Waals surface area contributed by atoms with Crippen molar-refractivity contribution in [2.45, 2.75) is 17.4 Å². The van der Waals surface area contributed by atoms with E-state index in [1.165, 1.54) is 10.5 Å². The average molecular weight is 294 g/mol. The van der Waals surface area contributed by atoms with E-state index >= 15 is 0 Å². The first-order valence-electron chi connectivity index (χ1n) is 6.02. The Hall–Kier alpha value is -1.39. The zero-order chi connectivity index (χ0) is 13.2. The standard InChI is InChI=1S/C14H12ClNO2S/c15-13-6-5-11(18-13)14(17)16-10-7-8-19-12-4-2-1-3-9(10)12/h1-6,10H,7-8H2,(H,16,17)/t10-/m1/s1. The van der Waals surface area contributed by atoms with Crippen LogP contribution < -0.4 is 5.32 Å². The monoisotopic (exact) mass is 293 g/mol. The van der Waals surface area contributed by atoms with Crippen LogP contribution in [0, 0.1) is 0 Å². The molecule has 0 radical (unpaired) electrons. The van der Waals surface area contributed by atoms with Crippen LogP contribution in [0.4, 0.5) is 0 Å². The molecule has 5 heteroatoms. The maximum Gasteiger partial charge on any atom is 0.287 e. The second kappa shape index (κ2) is 5.31. The third-order valence-electron chi connectivity index (χ3n) is 3.06. The minimum Gasteiger partial charge on any atom is -0.440 e. The predicted octanol–water partition coefficient (Wildman–Crippen LogP) is 3.90. The molecule has 1 aliphatic heterocycles. The van der Waals surface area contributed by atoms with Crippen LogP contribution in [0.5, 0.6) is 0 Å². The summed E-state index contributed by atoms with van der Waals surface area (Å²) >= 11 is 7.50. The first-order chi connectivity index (χ1) is 9.24. The van der Waals surface area contributed by atoms with Crippen LogP contribution in [-0.2, 0) is 0 Å². The number of carbonyl (C=O) groups is 1. The molecule has 1 aliphatic rings. The van der Waals surface area contributed by atoms with Gasteiger partial charge in [-0.05, 0) is 41.8 Å². The summed E-state index contributed by atoms with van der Waals surface area (Å²) in [4.78, 5) is 13.3. The molecule has 2 aromatic rings. The fourth-order valence-electron chi connectivity index (χ4n) is 2.16. The van der Waals surface area contributed by atoms with E-state index < -0.39 is 0 Å². The molecular formula is C14H12ClNO2S. The molecule has 1 aromatic carbocycles. The topological polar surface area (TPSA) is 42.2 Å². The van der Waals surface area contributed by atoms with Gasteiger partial charge in [-0.2, -0.15) is 0 Å². The Kier molecular flexibility index (Phi) is 3.53. The molecule has 0 fully saturated rings. The number of carbonyl (C=O) groups excluding carboxylic acids is 1. The molecule has 0 aliphatic carbocycles. The van der Waals surface area contributed by atoms with Crippen LogP contribution in [0.15, 0.2) is 45.7 Å². The van der Waals surface area contributed by atoms with Crippen LogP contribution in [0.3, 0.4) is 0 Å². The summed E-state index contributed by atoms with van der Waals surface area (Å²) in [6, 6.07) is 11.3. The van der Waals surface area contributed by atoms with Gasteiger partial charge in [0.2, 0.25) is 0 Å². The number of hydrogen-bond donors (Lipinski definition) is 1. The lowest BCUT2D eigenvalue weighted by molar-refractivity contribution is 0.0907. The van der Waals surface area contributed by atoms with Crippen LogP contribution in [0.25, 0.3) is 0 Å². The molecule has 1 aromatic heterocycles. The van der Waals surface area contributed by atoms with Gasteiger partial charge >= 0.3 is 0 Å². The SMILES string of the molecule is O=C(N[C@@H]1CCSc2ccccc21)c1ccc(Cl)o1. The van der Waals surface area contributed by atoms with Gasteiger partial charge in [-0.3, -0.25) is 4.79 Å². The Morgan fingerprint density at radius 2 is 2.16 bits per heavy atom. The zero-order valence-electron chi connectivity index (χ0n) is 10.1. The molecule has 0 saturated carbocycles. The Morgan fingerprint density at radius 3 is 2.95 bits per heavy atom. The normalized spacial score (nSPS) is 17.8. The highest BCUT2D eigenvalue weighted by Crippen LogP contribution is 2.35. The van der Waals surface area contributed by atoms with Gasteiger partial charge in [0.1, 0.15) is 0 Å². The van der Waals surface area contributed by atoms with E-state index in [4.69, 9.17) is 16.0 Å². The van der Waals surface area contributed by atoms with E-state index in [0.717, 1.165) is 12.2 Å². The number of amides is 1. The highest BCUT2D eigenvalue weighted by molar-refractivity contribution is 7.99. The van der Waals surface area contributed by atoms with E-state index in [1.807, 2.05) is 23.9 Å². The van der Waals surface area contributed by atoms with Crippen molar-refractivity contribution in [3.8, 4) is 0 Å². The Balaban J connectivity index is 1.79. The lowest BCUT2D eigenvalue weighted by atomic mass is 10.0. The Bertz CT molecular complexity index is 611. The molecule has 0 spiro atoms. The highest BCUT2D eigenvalue weighted by atomic mass is 35.5. The maximum absolute atomic E-state index is 12.1. The summed E-state index contributed by atoms with van der Waals surface area (Å²) in [5, 5.41) is 3.23. The van der Waals surface area contributed by atoms with E-state index in [2.05, 4.69) is 17.4 Å². The number of thioether (sulfide) groups is 1. The van der Waals surface area contributed by atoms with Gasteiger partial charge in [0.25, 0.3) is 5.91 Å². The van der Waals surface area contributed by atoms with Crippen molar-refractivity contribution in [2.24, 2.45) is 0 Å². The van der Waals surface area contributed by atoms with Gasteiger partial charge in [0.05, 0.1) is 6.04 Å². The zero-order valence-corrected chi connectivity index (χ0v) is 11.6. The lowest BCUT2D eigenvalue weighted by Gasteiger charge is -2.25. The summed E-state index contributed by atoms with van der Waals surface area (Å²) in [6.45, 7) is 0. The van der Waals surface area contributed by atoms with E-state index in [1.54, 1.807) is 12.1 Å². The lowest BCUT2D eigenvalue weighted by Crippen LogP contribution is -2.30. The first-order valence-corrected chi connectivity index (χ1v) is 7.38. The van der Waals surface area contributed by atoms with Crippen molar-refractivity contribution >= 4 is 29.3 Å². The Labute approximate surface area is 120 Å². The van der Waals surface area contributed by atoms with Crippen molar-refractivity contribution in [2.75, 3.05) is 5.75 Å². The maximum atomic E-state index is 12.1. The summed E-state index contributed by atoms with van der Waals surface area (Å²) in [5.41, 5.74) is 1.17. The minimum atomic E-state index is -0.224. The molecule has 1 N–H and O–H groups in total. The molecule has 3 nitrogen and oxygen atoms in total. The van der Waals surface area contributed by atoms with E-state index in [-0.39, 0.29) is 22.9 Å². The molecule has 98 valence electrons. The number of fused-ring (bicyclic) bond motifs is 1. The molecule has 1 amide bonds. The van der Waals surface area contributed by atoms with Crippen molar-refractivity contribution in [1.82, 2.24) is 5.32 Å². The van der Waals surface area contributed by atoms with Gasteiger partial charge in [0, 0.05) is 10.6 Å². The summed E-state index contributed by atoms with van der Waals surface area (Å²) < 4.78 is 5.12. The molecule has 3 rings (SSSR count). The number of hydrogen-bond acceptors (Lipinski definition) is 3. The van der Waals surface area contributed by atoms with E-state index in [0.29, 0.717) is 0 Å². The molecule has 2 heterocycles.